The number of nitrogens with two attached hydrogens (primary N) is 1. The lowest BCUT2D eigenvalue weighted by molar-refractivity contribution is -0.125. The Balaban J connectivity index is 2.01. The predicted molar refractivity (Wildman–Crippen MR) is 110 cm³/mol. The first-order valence-corrected chi connectivity index (χ1v) is 9.08. The zero-order valence-corrected chi connectivity index (χ0v) is 16.3. The van der Waals surface area contributed by atoms with E-state index < -0.39 is 11.9 Å². The first-order valence-electron chi connectivity index (χ1n) is 9.08. The summed E-state index contributed by atoms with van der Waals surface area (Å²) < 4.78 is 0. The summed E-state index contributed by atoms with van der Waals surface area (Å²) in [5.41, 5.74) is 8.03. The second kappa shape index (κ2) is 9.66. The molecular weight excluding hydrogens is 356 g/mol. The Bertz CT molecular complexity index is 850. The first kappa shape index (κ1) is 21.1. The van der Waals surface area contributed by atoms with Crippen molar-refractivity contribution in [1.82, 2.24) is 5.32 Å². The average molecular weight is 382 g/mol. The topological polar surface area (TPSA) is 113 Å². The third kappa shape index (κ3) is 5.65. The van der Waals surface area contributed by atoms with Crippen molar-refractivity contribution in [2.24, 2.45) is 11.7 Å². The van der Waals surface area contributed by atoms with Gasteiger partial charge in [0, 0.05) is 16.9 Å². The number of para-hydroxylation sites is 1. The lowest BCUT2D eigenvalue weighted by Crippen LogP contribution is -2.46. The molecule has 2 aromatic rings. The summed E-state index contributed by atoms with van der Waals surface area (Å²) in [6.07, 6.45) is 0. The molecule has 0 aliphatic rings. The maximum absolute atomic E-state index is 12.5. The molecule has 0 heterocycles. The summed E-state index contributed by atoms with van der Waals surface area (Å²) in [7, 11) is 0. The lowest BCUT2D eigenvalue weighted by atomic mass is 10.1. The Morgan fingerprint density at radius 3 is 2.29 bits per heavy atom. The van der Waals surface area contributed by atoms with Crippen LogP contribution in [0.4, 0.5) is 11.4 Å². The molecule has 0 spiro atoms. The van der Waals surface area contributed by atoms with Crippen LogP contribution in [-0.2, 0) is 9.59 Å². The molecule has 148 valence electrons. The molecular formula is C21H26N4O3. The molecule has 1 atom stereocenters. The maximum atomic E-state index is 12.5. The molecule has 0 bridgehead atoms. The van der Waals surface area contributed by atoms with Crippen LogP contribution >= 0.6 is 0 Å². The second-order valence-corrected chi connectivity index (χ2v) is 6.83. The van der Waals surface area contributed by atoms with Crippen LogP contribution in [0.3, 0.4) is 0 Å². The van der Waals surface area contributed by atoms with Gasteiger partial charge in [0.2, 0.25) is 11.8 Å². The molecule has 28 heavy (non-hydrogen) atoms. The van der Waals surface area contributed by atoms with Crippen molar-refractivity contribution in [3.8, 4) is 0 Å². The van der Waals surface area contributed by atoms with Gasteiger partial charge in [-0.2, -0.15) is 0 Å². The maximum Gasteiger partial charge on any atom is 0.256 e. The molecule has 0 aliphatic carbocycles. The molecule has 7 nitrogen and oxygen atoms in total. The number of carbonyl (C=O) groups excluding carboxylic acids is 3. The van der Waals surface area contributed by atoms with Gasteiger partial charge in [-0.15, -0.1) is 0 Å². The predicted octanol–water partition coefficient (Wildman–Crippen LogP) is 2.29. The van der Waals surface area contributed by atoms with Crippen molar-refractivity contribution in [3.05, 3.63) is 59.7 Å². The van der Waals surface area contributed by atoms with E-state index in [4.69, 9.17) is 5.73 Å². The number of hydrogen-bond acceptors (Lipinski definition) is 4. The summed E-state index contributed by atoms with van der Waals surface area (Å²) in [4.78, 5) is 36.6. The second-order valence-electron chi connectivity index (χ2n) is 6.83. The van der Waals surface area contributed by atoms with E-state index in [2.05, 4.69) is 16.0 Å². The molecule has 0 fully saturated rings. The van der Waals surface area contributed by atoms with Crippen LogP contribution in [0.25, 0.3) is 0 Å². The summed E-state index contributed by atoms with van der Waals surface area (Å²) in [6, 6.07) is 13.5. The van der Waals surface area contributed by atoms with Crippen LogP contribution in [0, 0.1) is 12.8 Å². The van der Waals surface area contributed by atoms with Gasteiger partial charge in [-0.25, -0.2) is 0 Å². The van der Waals surface area contributed by atoms with E-state index in [1.165, 1.54) is 0 Å². The van der Waals surface area contributed by atoms with E-state index in [9.17, 15) is 14.4 Å². The quantitative estimate of drug-likeness (QED) is 0.588. The average Bonchev–Trinajstić information content (AvgIpc) is 2.67. The molecule has 7 heteroatoms. The van der Waals surface area contributed by atoms with Crippen LogP contribution in [0.2, 0.25) is 0 Å². The lowest BCUT2D eigenvalue weighted by Gasteiger charge is -2.16. The Labute approximate surface area is 164 Å². The number of anilines is 2. The summed E-state index contributed by atoms with van der Waals surface area (Å²) >= 11 is 0. The molecule has 0 saturated carbocycles. The molecule has 2 rings (SSSR count). The smallest absolute Gasteiger partial charge is 0.256 e. The molecule has 0 unspecified atom stereocenters. The third-order valence-electron chi connectivity index (χ3n) is 4.33. The van der Waals surface area contributed by atoms with Gasteiger partial charge in [-0.3, -0.25) is 14.4 Å². The highest BCUT2D eigenvalue weighted by atomic mass is 16.2. The SMILES string of the molecule is Cc1c(NC(=O)CNC(=O)[C@@H](N)C(C)C)cccc1C(=O)Nc1ccccc1. The highest BCUT2D eigenvalue weighted by Gasteiger charge is 2.18. The third-order valence-corrected chi connectivity index (χ3v) is 4.33. The van der Waals surface area contributed by atoms with Crippen molar-refractivity contribution in [1.29, 1.82) is 0 Å². The van der Waals surface area contributed by atoms with Gasteiger partial charge in [0.25, 0.3) is 5.91 Å². The van der Waals surface area contributed by atoms with Crippen LogP contribution in [0.1, 0.15) is 29.8 Å². The number of carbonyl (C=O) groups is 3. The Kier molecular flexibility index (Phi) is 7.28. The van der Waals surface area contributed by atoms with Crippen molar-refractivity contribution >= 4 is 29.1 Å². The van der Waals surface area contributed by atoms with Gasteiger partial charge < -0.3 is 21.7 Å². The molecule has 2 aromatic carbocycles. The minimum absolute atomic E-state index is 0.0230. The largest absolute Gasteiger partial charge is 0.346 e. The minimum atomic E-state index is -0.667. The molecule has 5 N–H and O–H groups in total. The summed E-state index contributed by atoms with van der Waals surface area (Å²) in [5, 5.41) is 8.06. The van der Waals surface area contributed by atoms with Gasteiger partial charge in [0.05, 0.1) is 12.6 Å². The van der Waals surface area contributed by atoms with Crippen molar-refractivity contribution in [2.75, 3.05) is 17.2 Å². The van der Waals surface area contributed by atoms with Gasteiger partial charge in [0.15, 0.2) is 0 Å². The zero-order chi connectivity index (χ0) is 20.7. The Morgan fingerprint density at radius 2 is 1.64 bits per heavy atom. The minimum Gasteiger partial charge on any atom is -0.346 e. The van der Waals surface area contributed by atoms with Crippen molar-refractivity contribution < 1.29 is 14.4 Å². The van der Waals surface area contributed by atoms with Gasteiger partial charge in [-0.05, 0) is 42.7 Å². The Hall–Kier alpha value is -3.19. The monoisotopic (exact) mass is 382 g/mol. The molecule has 0 saturated heterocycles. The zero-order valence-electron chi connectivity index (χ0n) is 16.3. The number of amides is 3. The molecule has 0 aliphatic heterocycles. The van der Waals surface area contributed by atoms with Gasteiger partial charge in [0.1, 0.15) is 0 Å². The van der Waals surface area contributed by atoms with E-state index in [-0.39, 0.29) is 24.3 Å². The van der Waals surface area contributed by atoms with Crippen LogP contribution in [0.5, 0.6) is 0 Å². The fourth-order valence-electron chi connectivity index (χ4n) is 2.52. The van der Waals surface area contributed by atoms with E-state index in [0.717, 1.165) is 0 Å². The number of rotatable bonds is 7. The van der Waals surface area contributed by atoms with Crippen molar-refractivity contribution in [2.45, 2.75) is 26.8 Å². The molecule has 0 aromatic heterocycles. The van der Waals surface area contributed by atoms with Crippen LogP contribution in [-0.4, -0.2) is 30.3 Å². The fraction of sp³-hybridized carbons (Fsp3) is 0.286. The highest BCUT2D eigenvalue weighted by molar-refractivity contribution is 6.07. The van der Waals surface area contributed by atoms with Crippen LogP contribution < -0.4 is 21.7 Å². The normalized spacial score (nSPS) is 11.6. The standard InChI is InChI=1S/C21H26N4O3/c1-13(2)19(22)21(28)23-12-18(26)25-17-11-7-10-16(14(17)3)20(27)24-15-8-5-4-6-9-15/h4-11,13,19H,12,22H2,1-3H3,(H,23,28)(H,24,27)(H,25,26)/t19-/m0/s1. The Morgan fingerprint density at radius 1 is 0.964 bits per heavy atom. The van der Waals surface area contributed by atoms with E-state index >= 15 is 0 Å². The fourth-order valence-corrected chi connectivity index (χ4v) is 2.52. The van der Waals surface area contributed by atoms with Gasteiger partial charge >= 0.3 is 0 Å². The summed E-state index contributed by atoms with van der Waals surface area (Å²) in [6.45, 7) is 5.22. The van der Waals surface area contributed by atoms with E-state index in [1.54, 1.807) is 37.3 Å². The number of nitrogens with one attached hydrogen (secondary N) is 3. The number of benzene rings is 2. The number of hydrogen-bond donors (Lipinski definition) is 4. The summed E-state index contributed by atoms with van der Waals surface area (Å²) in [5.74, 6) is -1.06. The van der Waals surface area contributed by atoms with Crippen LogP contribution in [0.15, 0.2) is 48.5 Å². The van der Waals surface area contributed by atoms with E-state index in [0.29, 0.717) is 22.5 Å². The molecule has 0 radical (unpaired) electrons. The highest BCUT2D eigenvalue weighted by Crippen LogP contribution is 2.20. The van der Waals surface area contributed by atoms with Crippen molar-refractivity contribution in [3.63, 3.8) is 0 Å². The van der Waals surface area contributed by atoms with E-state index in [1.807, 2.05) is 32.0 Å². The van der Waals surface area contributed by atoms with Gasteiger partial charge in [-0.1, -0.05) is 38.1 Å². The molecule has 3 amide bonds. The first-order chi connectivity index (χ1) is 13.3.